The third-order valence-electron chi connectivity index (χ3n) is 4.68. The van der Waals surface area contributed by atoms with Gasteiger partial charge in [0.15, 0.2) is 0 Å². The lowest BCUT2D eigenvalue weighted by atomic mass is 9.85. The Hall–Kier alpha value is -1.80. The summed E-state index contributed by atoms with van der Waals surface area (Å²) in [7, 11) is 0. The lowest BCUT2D eigenvalue weighted by Gasteiger charge is -2.28. The largest absolute Gasteiger partial charge is 0.493 e. The van der Waals surface area contributed by atoms with Gasteiger partial charge in [0.2, 0.25) is 0 Å². The van der Waals surface area contributed by atoms with Crippen molar-refractivity contribution < 1.29 is 4.74 Å². The Labute approximate surface area is 126 Å². The van der Waals surface area contributed by atoms with Gasteiger partial charge in [0, 0.05) is 19.0 Å². The second-order valence-electron chi connectivity index (χ2n) is 6.09. The summed E-state index contributed by atoms with van der Waals surface area (Å²) in [6.07, 6.45) is 3.36. The summed E-state index contributed by atoms with van der Waals surface area (Å²) in [4.78, 5) is 0. The second kappa shape index (κ2) is 5.53. The van der Waals surface area contributed by atoms with E-state index in [1.54, 1.807) is 0 Å². The maximum absolute atomic E-state index is 5.96. The molecule has 0 saturated heterocycles. The minimum absolute atomic E-state index is 0.548. The number of ether oxygens (including phenoxy) is 1. The van der Waals surface area contributed by atoms with Gasteiger partial charge in [-0.05, 0) is 41.5 Å². The molecule has 1 N–H and O–H groups in total. The van der Waals surface area contributed by atoms with Crippen molar-refractivity contribution >= 4 is 0 Å². The molecule has 108 valence electrons. The smallest absolute Gasteiger partial charge is 0.125 e. The van der Waals surface area contributed by atoms with Gasteiger partial charge in [0.05, 0.1) is 6.61 Å². The number of aryl methyl sites for hydroxylation is 1. The Morgan fingerprint density at radius 3 is 2.95 bits per heavy atom. The van der Waals surface area contributed by atoms with Crippen LogP contribution in [0.25, 0.3) is 0 Å². The molecule has 4 rings (SSSR count). The summed E-state index contributed by atoms with van der Waals surface area (Å²) in [5.74, 6) is 1.71. The molecular formula is C19H21NO. The van der Waals surface area contributed by atoms with E-state index in [4.69, 9.17) is 4.74 Å². The molecule has 2 aliphatic rings. The highest BCUT2D eigenvalue weighted by molar-refractivity contribution is 5.44. The minimum atomic E-state index is 0.548. The molecule has 21 heavy (non-hydrogen) atoms. The fourth-order valence-electron chi connectivity index (χ4n) is 3.65. The molecule has 0 amide bonds. The van der Waals surface area contributed by atoms with Gasteiger partial charge in [0.25, 0.3) is 0 Å². The van der Waals surface area contributed by atoms with Crippen molar-refractivity contribution in [3.05, 3.63) is 64.7 Å². The summed E-state index contributed by atoms with van der Waals surface area (Å²) in [5.41, 5.74) is 5.70. The third kappa shape index (κ3) is 2.44. The predicted octanol–water partition coefficient (Wildman–Crippen LogP) is 3.44. The van der Waals surface area contributed by atoms with Crippen LogP contribution in [0.1, 0.15) is 34.6 Å². The zero-order chi connectivity index (χ0) is 14.1. The highest BCUT2D eigenvalue weighted by Crippen LogP contribution is 2.34. The summed E-state index contributed by atoms with van der Waals surface area (Å²) in [5, 5.41) is 3.55. The molecule has 2 nitrogen and oxygen atoms in total. The number of hydrogen-bond acceptors (Lipinski definition) is 2. The number of para-hydroxylation sites is 1. The van der Waals surface area contributed by atoms with Crippen LogP contribution < -0.4 is 10.1 Å². The van der Waals surface area contributed by atoms with Gasteiger partial charge in [-0.25, -0.2) is 0 Å². The Bertz CT molecular complexity index is 650. The molecule has 2 aliphatic heterocycles. The van der Waals surface area contributed by atoms with Crippen molar-refractivity contribution in [2.45, 2.75) is 31.7 Å². The summed E-state index contributed by atoms with van der Waals surface area (Å²) in [6.45, 7) is 2.92. The molecule has 0 saturated carbocycles. The highest BCUT2D eigenvalue weighted by Gasteiger charge is 2.22. The number of fused-ring (bicyclic) bond motifs is 2. The first-order valence-corrected chi connectivity index (χ1v) is 7.94. The van der Waals surface area contributed by atoms with Crippen LogP contribution in [-0.4, -0.2) is 13.2 Å². The zero-order valence-corrected chi connectivity index (χ0v) is 12.3. The van der Waals surface area contributed by atoms with E-state index in [2.05, 4.69) is 47.8 Å². The number of rotatable bonds is 2. The van der Waals surface area contributed by atoms with Crippen LogP contribution in [-0.2, 0) is 19.4 Å². The van der Waals surface area contributed by atoms with Crippen molar-refractivity contribution in [3.63, 3.8) is 0 Å². The van der Waals surface area contributed by atoms with Crippen LogP contribution in [0.15, 0.2) is 42.5 Å². The fraction of sp³-hybridized carbons (Fsp3) is 0.368. The van der Waals surface area contributed by atoms with E-state index in [-0.39, 0.29) is 0 Å². The zero-order valence-electron chi connectivity index (χ0n) is 12.3. The van der Waals surface area contributed by atoms with Crippen LogP contribution in [0, 0.1) is 0 Å². The summed E-state index contributed by atoms with van der Waals surface area (Å²) < 4.78 is 5.96. The molecule has 2 heteroatoms. The van der Waals surface area contributed by atoms with Crippen molar-refractivity contribution in [1.29, 1.82) is 0 Å². The fourth-order valence-corrected chi connectivity index (χ4v) is 3.65. The van der Waals surface area contributed by atoms with E-state index in [1.807, 2.05) is 0 Å². The molecule has 0 spiro atoms. The van der Waals surface area contributed by atoms with Crippen molar-refractivity contribution in [3.8, 4) is 5.75 Å². The first-order valence-electron chi connectivity index (χ1n) is 7.94. The molecule has 0 bridgehead atoms. The van der Waals surface area contributed by atoms with Crippen LogP contribution in [0.4, 0.5) is 0 Å². The Kier molecular flexibility index (Phi) is 3.40. The molecule has 1 unspecified atom stereocenters. The lowest BCUT2D eigenvalue weighted by Crippen LogP contribution is -2.29. The Morgan fingerprint density at radius 2 is 1.95 bits per heavy atom. The molecule has 0 aliphatic carbocycles. The van der Waals surface area contributed by atoms with Crippen molar-refractivity contribution in [2.75, 3.05) is 13.2 Å². The molecule has 0 aromatic heterocycles. The monoisotopic (exact) mass is 279 g/mol. The van der Waals surface area contributed by atoms with E-state index in [1.165, 1.54) is 22.3 Å². The quantitative estimate of drug-likeness (QED) is 0.909. The number of nitrogens with one attached hydrogen (secondary N) is 1. The van der Waals surface area contributed by atoms with E-state index < -0.39 is 0 Å². The predicted molar refractivity (Wildman–Crippen MR) is 84.9 cm³/mol. The normalized spacial score (nSPS) is 20.3. The van der Waals surface area contributed by atoms with Gasteiger partial charge in [-0.1, -0.05) is 42.5 Å². The first kappa shape index (κ1) is 12.9. The topological polar surface area (TPSA) is 21.3 Å². The average Bonchev–Trinajstić information content (AvgIpc) is 2.56. The second-order valence-corrected chi connectivity index (χ2v) is 6.09. The number of hydrogen-bond donors (Lipinski definition) is 1. The molecule has 1 atom stereocenters. The van der Waals surface area contributed by atoms with Crippen molar-refractivity contribution in [1.82, 2.24) is 5.32 Å². The van der Waals surface area contributed by atoms with Crippen LogP contribution in [0.3, 0.4) is 0 Å². The molecule has 2 heterocycles. The Morgan fingerprint density at radius 1 is 1.05 bits per heavy atom. The summed E-state index contributed by atoms with van der Waals surface area (Å²) >= 11 is 0. The maximum atomic E-state index is 5.96. The van der Waals surface area contributed by atoms with Crippen LogP contribution in [0.2, 0.25) is 0 Å². The van der Waals surface area contributed by atoms with Gasteiger partial charge < -0.3 is 10.1 Å². The Balaban J connectivity index is 1.66. The lowest BCUT2D eigenvalue weighted by molar-refractivity contribution is 0.284. The molecule has 0 radical (unpaired) electrons. The van der Waals surface area contributed by atoms with Gasteiger partial charge >= 0.3 is 0 Å². The molecular weight excluding hydrogens is 258 g/mol. The van der Waals surface area contributed by atoms with Crippen molar-refractivity contribution in [2.24, 2.45) is 0 Å². The average molecular weight is 279 g/mol. The molecule has 0 fully saturated rings. The van der Waals surface area contributed by atoms with Crippen LogP contribution >= 0.6 is 0 Å². The SMILES string of the molecule is c1ccc2c(c1)CNCC2Cc1cccc2c1OCCC2. The van der Waals surface area contributed by atoms with E-state index in [9.17, 15) is 0 Å². The summed E-state index contributed by atoms with van der Waals surface area (Å²) in [6, 6.07) is 15.5. The van der Waals surface area contributed by atoms with Gasteiger partial charge in [-0.15, -0.1) is 0 Å². The standard InChI is InChI=1S/C19H21NO/c1-2-9-18-16(5-1)12-20-13-17(18)11-15-7-3-6-14-8-4-10-21-19(14)15/h1-3,5-7,9,17,20H,4,8,10-13H2. The number of benzene rings is 2. The maximum Gasteiger partial charge on any atom is 0.125 e. The third-order valence-corrected chi connectivity index (χ3v) is 4.68. The molecule has 2 aromatic carbocycles. The van der Waals surface area contributed by atoms with E-state index in [0.29, 0.717) is 5.92 Å². The van der Waals surface area contributed by atoms with Gasteiger partial charge in [0.1, 0.15) is 5.75 Å². The van der Waals surface area contributed by atoms with E-state index >= 15 is 0 Å². The minimum Gasteiger partial charge on any atom is -0.493 e. The van der Waals surface area contributed by atoms with Gasteiger partial charge in [-0.2, -0.15) is 0 Å². The highest BCUT2D eigenvalue weighted by atomic mass is 16.5. The van der Waals surface area contributed by atoms with Gasteiger partial charge in [-0.3, -0.25) is 0 Å². The van der Waals surface area contributed by atoms with Crippen LogP contribution in [0.5, 0.6) is 5.75 Å². The first-order chi connectivity index (χ1) is 10.4. The molecule has 2 aromatic rings. The van der Waals surface area contributed by atoms with E-state index in [0.717, 1.165) is 44.7 Å².